The van der Waals surface area contributed by atoms with Gasteiger partial charge in [-0.1, -0.05) is 39.0 Å². The number of allylic oxidation sites excluding steroid dienone is 2. The minimum Gasteiger partial charge on any atom is -0.390 e. The number of rotatable bonds is 12. The lowest BCUT2D eigenvalue weighted by Gasteiger charge is -2.39. The van der Waals surface area contributed by atoms with Crippen LogP contribution >= 0.6 is 0 Å². The normalized spacial score (nSPS) is 35.7. The summed E-state index contributed by atoms with van der Waals surface area (Å²) >= 11 is 0. The number of ether oxygens (including phenoxy) is 6. The average molecular weight is 443 g/mol. The highest BCUT2D eigenvalue weighted by atomic mass is 16.7. The van der Waals surface area contributed by atoms with E-state index in [2.05, 4.69) is 13.8 Å². The van der Waals surface area contributed by atoms with Crippen LogP contribution < -0.4 is 0 Å². The van der Waals surface area contributed by atoms with Crippen LogP contribution in [0.3, 0.4) is 0 Å². The molecule has 180 valence electrons. The van der Waals surface area contributed by atoms with Crippen molar-refractivity contribution in [2.75, 3.05) is 28.4 Å². The zero-order valence-corrected chi connectivity index (χ0v) is 20.3. The maximum Gasteiger partial charge on any atom is 0.184 e. The molecule has 10 atom stereocenters. The van der Waals surface area contributed by atoms with Crippen molar-refractivity contribution in [1.29, 1.82) is 0 Å². The molecule has 0 unspecified atom stereocenters. The third-order valence-corrected chi connectivity index (χ3v) is 6.69. The SMILES string of the molecule is CC[C@H](OC)[C@@H](C)[C@H]1O[C@@H]1[C@H](O)[C@@H](C)/C=C/C=C(\C)[C@H]1O[C@@H](OC)[C@H](OC)C[C@H]1OC. The summed E-state index contributed by atoms with van der Waals surface area (Å²) in [4.78, 5) is 0. The number of hydrogen-bond acceptors (Lipinski definition) is 7. The van der Waals surface area contributed by atoms with Crippen molar-refractivity contribution in [1.82, 2.24) is 0 Å². The number of methoxy groups -OCH3 is 4. The molecule has 0 saturated carbocycles. The smallest absolute Gasteiger partial charge is 0.184 e. The van der Waals surface area contributed by atoms with E-state index in [1.54, 1.807) is 28.4 Å². The van der Waals surface area contributed by atoms with Crippen molar-refractivity contribution < 1.29 is 33.5 Å². The lowest BCUT2D eigenvalue weighted by molar-refractivity contribution is -0.256. The molecule has 7 heteroatoms. The summed E-state index contributed by atoms with van der Waals surface area (Å²) in [7, 11) is 6.68. The van der Waals surface area contributed by atoms with E-state index >= 15 is 0 Å². The van der Waals surface area contributed by atoms with Crippen LogP contribution in [0.2, 0.25) is 0 Å². The molecular formula is C24H42O7. The van der Waals surface area contributed by atoms with Crippen molar-refractivity contribution in [2.45, 2.75) is 89.6 Å². The van der Waals surface area contributed by atoms with E-state index in [1.807, 2.05) is 32.1 Å². The molecule has 2 aliphatic rings. The average Bonchev–Trinajstić information content (AvgIpc) is 3.58. The van der Waals surface area contributed by atoms with Gasteiger partial charge < -0.3 is 33.5 Å². The second-order valence-electron chi connectivity index (χ2n) is 8.70. The lowest BCUT2D eigenvalue weighted by Crippen LogP contribution is -2.49. The van der Waals surface area contributed by atoms with Gasteiger partial charge in [0.15, 0.2) is 6.29 Å². The number of aliphatic hydroxyl groups is 1. The fourth-order valence-electron chi connectivity index (χ4n) is 4.51. The van der Waals surface area contributed by atoms with Gasteiger partial charge in [-0.25, -0.2) is 0 Å². The quantitative estimate of drug-likeness (QED) is 0.367. The number of aliphatic hydroxyl groups excluding tert-OH is 1. The Kier molecular flexibility index (Phi) is 10.6. The van der Waals surface area contributed by atoms with Gasteiger partial charge in [-0.3, -0.25) is 0 Å². The molecule has 0 aromatic heterocycles. The monoisotopic (exact) mass is 442 g/mol. The van der Waals surface area contributed by atoms with E-state index in [-0.39, 0.29) is 48.5 Å². The Morgan fingerprint density at radius 3 is 2.26 bits per heavy atom. The predicted octanol–water partition coefficient (Wildman–Crippen LogP) is 3.11. The Bertz CT molecular complexity index is 588. The fourth-order valence-corrected chi connectivity index (χ4v) is 4.51. The summed E-state index contributed by atoms with van der Waals surface area (Å²) in [6.45, 7) is 8.24. The first kappa shape index (κ1) is 26.5. The molecule has 2 saturated heterocycles. The van der Waals surface area contributed by atoms with Gasteiger partial charge in [-0.2, -0.15) is 0 Å². The summed E-state index contributed by atoms with van der Waals surface area (Å²) in [5.41, 5.74) is 1.03. The van der Waals surface area contributed by atoms with E-state index in [1.165, 1.54) is 0 Å². The van der Waals surface area contributed by atoms with Crippen molar-refractivity contribution in [3.05, 3.63) is 23.8 Å². The summed E-state index contributed by atoms with van der Waals surface area (Å²) in [5, 5.41) is 10.7. The second kappa shape index (κ2) is 12.4. The highest BCUT2D eigenvalue weighted by Crippen LogP contribution is 2.37. The molecule has 0 aromatic carbocycles. The topological polar surface area (TPSA) is 78.9 Å². The molecule has 7 nitrogen and oxygen atoms in total. The molecule has 2 fully saturated rings. The summed E-state index contributed by atoms with van der Waals surface area (Å²) in [6, 6.07) is 0. The van der Waals surface area contributed by atoms with Gasteiger partial charge in [0.2, 0.25) is 0 Å². The number of epoxide rings is 1. The van der Waals surface area contributed by atoms with Crippen molar-refractivity contribution in [2.24, 2.45) is 11.8 Å². The van der Waals surface area contributed by atoms with Gasteiger partial charge in [0.1, 0.15) is 18.3 Å². The molecule has 2 rings (SSSR count). The first-order chi connectivity index (χ1) is 14.8. The molecular weight excluding hydrogens is 400 g/mol. The van der Waals surface area contributed by atoms with Crippen molar-refractivity contribution in [3.63, 3.8) is 0 Å². The van der Waals surface area contributed by atoms with Crippen molar-refractivity contribution >= 4 is 0 Å². The zero-order chi connectivity index (χ0) is 23.1. The minimum absolute atomic E-state index is 0.0380. The largest absolute Gasteiger partial charge is 0.390 e. The van der Waals surface area contributed by atoms with Crippen LogP contribution in [0.25, 0.3) is 0 Å². The van der Waals surface area contributed by atoms with Gasteiger partial charge >= 0.3 is 0 Å². The van der Waals surface area contributed by atoms with Crippen molar-refractivity contribution in [3.8, 4) is 0 Å². The molecule has 0 bridgehead atoms. The third kappa shape index (κ3) is 6.60. The second-order valence-corrected chi connectivity index (χ2v) is 8.70. The van der Waals surface area contributed by atoms with Crippen LogP contribution in [0.4, 0.5) is 0 Å². The maximum atomic E-state index is 10.7. The van der Waals surface area contributed by atoms with Gasteiger partial charge in [0.25, 0.3) is 0 Å². The Balaban J connectivity index is 1.93. The van der Waals surface area contributed by atoms with E-state index in [0.717, 1.165) is 12.0 Å². The van der Waals surface area contributed by atoms with Crippen LogP contribution in [0.5, 0.6) is 0 Å². The fraction of sp³-hybridized carbons (Fsp3) is 0.833. The maximum absolute atomic E-state index is 10.7. The van der Waals surface area contributed by atoms with Crippen LogP contribution in [-0.2, 0) is 28.4 Å². The molecule has 2 heterocycles. The zero-order valence-electron chi connectivity index (χ0n) is 20.3. The molecule has 0 amide bonds. The number of hydrogen-bond donors (Lipinski definition) is 1. The molecule has 2 aliphatic heterocycles. The molecule has 1 N–H and O–H groups in total. The predicted molar refractivity (Wildman–Crippen MR) is 119 cm³/mol. The van der Waals surface area contributed by atoms with Crippen LogP contribution in [0.15, 0.2) is 23.8 Å². The molecule has 0 aliphatic carbocycles. The minimum atomic E-state index is -0.551. The molecule has 0 aromatic rings. The Morgan fingerprint density at radius 1 is 1.03 bits per heavy atom. The van der Waals surface area contributed by atoms with E-state index in [4.69, 9.17) is 28.4 Å². The summed E-state index contributed by atoms with van der Waals surface area (Å²) < 4.78 is 33.9. The van der Waals surface area contributed by atoms with Crippen LogP contribution in [0.1, 0.15) is 40.5 Å². The van der Waals surface area contributed by atoms with Gasteiger partial charge in [-0.05, 0) is 18.9 Å². The third-order valence-electron chi connectivity index (χ3n) is 6.69. The molecule has 0 radical (unpaired) electrons. The summed E-state index contributed by atoms with van der Waals surface area (Å²) in [5.74, 6) is 0.219. The Labute approximate surface area is 187 Å². The van der Waals surface area contributed by atoms with Gasteiger partial charge in [-0.15, -0.1) is 0 Å². The Hall–Kier alpha value is -0.800. The highest BCUT2D eigenvalue weighted by Gasteiger charge is 2.50. The first-order valence-electron chi connectivity index (χ1n) is 11.3. The van der Waals surface area contributed by atoms with E-state index in [0.29, 0.717) is 6.42 Å². The Morgan fingerprint density at radius 2 is 1.71 bits per heavy atom. The summed E-state index contributed by atoms with van der Waals surface area (Å²) in [6.07, 6.45) is 6.18. The molecule has 0 spiro atoms. The van der Waals surface area contributed by atoms with E-state index in [9.17, 15) is 5.11 Å². The highest BCUT2D eigenvalue weighted by molar-refractivity contribution is 5.18. The van der Waals surface area contributed by atoms with Crippen LogP contribution in [-0.4, -0.2) is 82.6 Å². The molecule has 31 heavy (non-hydrogen) atoms. The lowest BCUT2D eigenvalue weighted by atomic mass is 9.91. The first-order valence-corrected chi connectivity index (χ1v) is 11.3. The van der Waals surface area contributed by atoms with E-state index < -0.39 is 12.4 Å². The van der Waals surface area contributed by atoms with Gasteiger partial charge in [0.05, 0.1) is 24.4 Å². The van der Waals surface area contributed by atoms with Crippen LogP contribution in [0, 0.1) is 11.8 Å². The standard InChI is InChI=1S/C24H42O7/c1-9-17(26-5)16(4)22-23(30-22)20(25)14(2)11-10-12-15(3)21-18(27-6)13-19(28-7)24(29-8)31-21/h10-12,14,16-25H,9,13H2,1-8H3/b11-10+,15-12+/t14-,16+,17-,18+,19+,20+,21+,22+,23+,24+/m0/s1. The van der Waals surface area contributed by atoms with Gasteiger partial charge in [0, 0.05) is 46.7 Å².